The molecule has 4 heterocycles. The van der Waals surface area contributed by atoms with Gasteiger partial charge in [-0.05, 0) is 56.7 Å². The number of hydrogen-bond donors (Lipinski definition) is 2. The maximum atomic E-state index is 12.5. The molecule has 1 saturated heterocycles. The van der Waals surface area contributed by atoms with Gasteiger partial charge in [0.2, 0.25) is 0 Å². The zero-order valence-electron chi connectivity index (χ0n) is 17.3. The monoisotopic (exact) mass is 407 g/mol. The van der Waals surface area contributed by atoms with E-state index in [0.29, 0.717) is 12.6 Å². The van der Waals surface area contributed by atoms with Gasteiger partial charge in [0.1, 0.15) is 17.8 Å². The molecule has 0 radical (unpaired) electrons. The topological polar surface area (TPSA) is 91.7 Å². The van der Waals surface area contributed by atoms with Crippen molar-refractivity contribution in [2.45, 2.75) is 57.5 Å². The lowest BCUT2D eigenvalue weighted by Gasteiger charge is -2.36. The number of nitrogens with one attached hydrogen (secondary N) is 2. The molecule has 3 aromatic heterocycles. The van der Waals surface area contributed by atoms with E-state index < -0.39 is 0 Å². The van der Waals surface area contributed by atoms with E-state index in [1.807, 2.05) is 18.3 Å². The predicted octanol–water partition coefficient (Wildman–Crippen LogP) is 2.36. The van der Waals surface area contributed by atoms with Crippen LogP contribution >= 0.6 is 0 Å². The van der Waals surface area contributed by atoms with Gasteiger partial charge in [0, 0.05) is 31.4 Å². The Morgan fingerprint density at radius 1 is 1.13 bits per heavy atom. The van der Waals surface area contributed by atoms with Gasteiger partial charge in [-0.3, -0.25) is 9.69 Å². The van der Waals surface area contributed by atoms with E-state index in [9.17, 15) is 4.79 Å². The van der Waals surface area contributed by atoms with Crippen molar-refractivity contribution in [1.29, 1.82) is 0 Å². The fourth-order valence-electron chi connectivity index (χ4n) is 4.80. The summed E-state index contributed by atoms with van der Waals surface area (Å²) in [5.41, 5.74) is 3.17. The van der Waals surface area contributed by atoms with E-state index in [1.54, 1.807) is 11.0 Å². The number of anilines is 1. The summed E-state index contributed by atoms with van der Waals surface area (Å²) in [5.74, 6) is 0.874. The van der Waals surface area contributed by atoms with Crippen molar-refractivity contribution < 1.29 is 0 Å². The van der Waals surface area contributed by atoms with Crippen LogP contribution in [0.3, 0.4) is 0 Å². The minimum Gasteiger partial charge on any atom is -0.368 e. The Hall–Kier alpha value is -2.74. The number of H-pyrrole nitrogens is 1. The third-order valence-corrected chi connectivity index (χ3v) is 6.48. The van der Waals surface area contributed by atoms with Crippen LogP contribution in [0.25, 0.3) is 11.0 Å². The first-order valence-corrected chi connectivity index (χ1v) is 11.1. The molecular formula is C22H29N7O. The van der Waals surface area contributed by atoms with Crippen molar-refractivity contribution in [2.75, 3.05) is 25.0 Å². The van der Waals surface area contributed by atoms with Crippen molar-refractivity contribution in [3.63, 3.8) is 0 Å². The van der Waals surface area contributed by atoms with Gasteiger partial charge in [0.05, 0.1) is 17.6 Å². The summed E-state index contributed by atoms with van der Waals surface area (Å²) < 4.78 is 1.68. The van der Waals surface area contributed by atoms with Crippen molar-refractivity contribution in [1.82, 2.24) is 29.6 Å². The van der Waals surface area contributed by atoms with Crippen LogP contribution in [0.15, 0.2) is 29.5 Å². The zero-order valence-corrected chi connectivity index (χ0v) is 17.3. The predicted molar refractivity (Wildman–Crippen MR) is 117 cm³/mol. The first kappa shape index (κ1) is 19.2. The summed E-state index contributed by atoms with van der Waals surface area (Å²) in [7, 11) is 0. The molecule has 0 amide bonds. The Bertz CT molecular complexity index is 1070. The Labute approximate surface area is 175 Å². The molecule has 0 bridgehead atoms. The van der Waals surface area contributed by atoms with Gasteiger partial charge in [-0.2, -0.15) is 5.10 Å². The highest BCUT2D eigenvalue weighted by atomic mass is 16.1. The van der Waals surface area contributed by atoms with Crippen molar-refractivity contribution in [2.24, 2.45) is 0 Å². The molecule has 1 aliphatic carbocycles. The maximum absolute atomic E-state index is 12.5. The van der Waals surface area contributed by atoms with Crippen LogP contribution in [-0.4, -0.2) is 55.3 Å². The summed E-state index contributed by atoms with van der Waals surface area (Å²) in [5, 5.41) is 9.23. The highest BCUT2D eigenvalue weighted by molar-refractivity contribution is 5.86. The molecule has 3 aromatic rings. The average molecular weight is 408 g/mol. The number of aromatic nitrogens is 5. The Morgan fingerprint density at radius 2 is 2.07 bits per heavy atom. The second-order valence-electron chi connectivity index (χ2n) is 8.41. The summed E-state index contributed by atoms with van der Waals surface area (Å²) in [6, 6.07) is 4.24. The summed E-state index contributed by atoms with van der Waals surface area (Å²) in [6.45, 7) is 3.40. The van der Waals surface area contributed by atoms with E-state index in [2.05, 4.69) is 30.3 Å². The van der Waals surface area contributed by atoms with E-state index in [-0.39, 0.29) is 5.56 Å². The van der Waals surface area contributed by atoms with E-state index in [0.717, 1.165) is 67.0 Å². The maximum Gasteiger partial charge on any atom is 0.267 e. The third-order valence-electron chi connectivity index (χ3n) is 6.48. The van der Waals surface area contributed by atoms with Gasteiger partial charge in [-0.15, -0.1) is 0 Å². The molecule has 0 saturated carbocycles. The van der Waals surface area contributed by atoms with Crippen molar-refractivity contribution >= 4 is 16.9 Å². The van der Waals surface area contributed by atoms with Gasteiger partial charge >= 0.3 is 0 Å². The van der Waals surface area contributed by atoms with Crippen LogP contribution in [0.1, 0.15) is 43.4 Å². The van der Waals surface area contributed by atoms with E-state index >= 15 is 0 Å². The van der Waals surface area contributed by atoms with Crippen LogP contribution in [0, 0.1) is 0 Å². The van der Waals surface area contributed by atoms with Crippen LogP contribution in [0.2, 0.25) is 0 Å². The zero-order chi connectivity index (χ0) is 20.3. The molecule has 1 fully saturated rings. The van der Waals surface area contributed by atoms with Crippen LogP contribution in [0.4, 0.5) is 5.82 Å². The van der Waals surface area contributed by atoms with Gasteiger partial charge in [-0.1, -0.05) is 6.42 Å². The molecule has 0 spiro atoms. The van der Waals surface area contributed by atoms with Gasteiger partial charge in [-0.25, -0.2) is 14.6 Å². The van der Waals surface area contributed by atoms with Crippen LogP contribution < -0.4 is 10.9 Å². The van der Waals surface area contributed by atoms with Crippen LogP contribution in [-0.2, 0) is 19.4 Å². The highest BCUT2D eigenvalue weighted by Crippen LogP contribution is 2.21. The minimum atomic E-state index is 0.0400. The summed E-state index contributed by atoms with van der Waals surface area (Å²) in [6.07, 6.45) is 11.4. The fourth-order valence-corrected chi connectivity index (χ4v) is 4.80. The largest absolute Gasteiger partial charge is 0.368 e. The summed E-state index contributed by atoms with van der Waals surface area (Å²) >= 11 is 0. The van der Waals surface area contributed by atoms with Gasteiger partial charge in [0.25, 0.3) is 5.56 Å². The van der Waals surface area contributed by atoms with E-state index in [4.69, 9.17) is 0 Å². The van der Waals surface area contributed by atoms with Gasteiger partial charge in [0.15, 0.2) is 0 Å². The lowest BCUT2D eigenvalue weighted by atomic mass is 9.97. The number of rotatable bonds is 6. The van der Waals surface area contributed by atoms with Crippen molar-refractivity contribution in [3.8, 4) is 0 Å². The molecule has 2 N–H and O–H groups in total. The molecule has 1 unspecified atom stereocenters. The first-order chi connectivity index (χ1) is 14.8. The first-order valence-electron chi connectivity index (χ1n) is 11.1. The Balaban J connectivity index is 1.24. The minimum absolute atomic E-state index is 0.0400. The Morgan fingerprint density at radius 3 is 3.03 bits per heavy atom. The lowest BCUT2D eigenvalue weighted by Crippen LogP contribution is -2.45. The number of hydrogen-bond acceptors (Lipinski definition) is 6. The molecule has 8 heteroatoms. The molecule has 8 nitrogen and oxygen atoms in total. The quantitative estimate of drug-likeness (QED) is 0.652. The SMILES string of the molecule is O=c1cc2c(nn1CCN1CCCCC1CNc1ncnc3[nH]ccc13)CCCC2. The number of nitrogens with zero attached hydrogens (tertiary/aromatic N) is 5. The second kappa shape index (κ2) is 8.55. The number of likely N-dealkylation sites (tertiary alicyclic amines) is 1. The smallest absolute Gasteiger partial charge is 0.267 e. The molecular weight excluding hydrogens is 378 g/mol. The molecule has 1 atom stereocenters. The highest BCUT2D eigenvalue weighted by Gasteiger charge is 2.23. The normalized spacial score (nSPS) is 19.7. The van der Waals surface area contributed by atoms with Gasteiger partial charge < -0.3 is 10.3 Å². The molecule has 2 aliphatic rings. The third kappa shape index (κ3) is 3.96. The van der Waals surface area contributed by atoms with E-state index in [1.165, 1.54) is 25.7 Å². The molecule has 158 valence electrons. The summed E-state index contributed by atoms with van der Waals surface area (Å²) in [4.78, 5) is 26.8. The molecule has 0 aromatic carbocycles. The average Bonchev–Trinajstić information content (AvgIpc) is 3.26. The van der Waals surface area contributed by atoms with Crippen LogP contribution in [0.5, 0.6) is 0 Å². The molecule has 30 heavy (non-hydrogen) atoms. The molecule has 5 rings (SSSR count). The number of fused-ring (bicyclic) bond motifs is 2. The number of piperidine rings is 1. The standard InChI is InChI=1S/C22H29N7O/c30-20-13-16-5-1-2-7-19(16)27-29(20)12-11-28-10-4-3-6-17(28)14-24-22-18-8-9-23-21(18)25-15-26-22/h8-9,13,15,17H,1-7,10-12,14H2,(H2,23,24,25,26). The van der Waals surface area contributed by atoms with Crippen molar-refractivity contribution in [3.05, 3.63) is 46.3 Å². The number of aromatic amines is 1. The molecule has 1 aliphatic heterocycles. The Kier molecular flexibility index (Phi) is 5.48. The lowest BCUT2D eigenvalue weighted by molar-refractivity contribution is 0.147. The number of aryl methyl sites for hydroxylation is 2. The second-order valence-corrected chi connectivity index (χ2v) is 8.41. The fraction of sp³-hybridized carbons (Fsp3) is 0.545.